The van der Waals surface area contributed by atoms with Gasteiger partial charge in [-0.3, -0.25) is 9.59 Å². The highest BCUT2D eigenvalue weighted by Crippen LogP contribution is 2.09. The number of carbonyl (C=O) groups excluding carboxylic acids is 1. The minimum Gasteiger partial charge on any atom is -0.480 e. The topological polar surface area (TPSA) is 83.6 Å². The Morgan fingerprint density at radius 2 is 2.08 bits per heavy atom. The van der Waals surface area contributed by atoms with E-state index < -0.39 is 12.0 Å². The summed E-state index contributed by atoms with van der Waals surface area (Å²) in [6.45, 7) is 1.61. The van der Waals surface area contributed by atoms with E-state index in [4.69, 9.17) is 10.8 Å². The molecule has 1 amide bonds. The molecule has 1 aliphatic heterocycles. The third-order valence-corrected chi connectivity index (χ3v) is 2.20. The Kier molecular flexibility index (Phi) is 3.25. The number of likely N-dealkylation sites (tertiary alicyclic amines) is 1. The lowest BCUT2D eigenvalue weighted by Gasteiger charge is -2.31. The Labute approximate surface area is 76.5 Å². The molecule has 1 fully saturated rings. The number of carbonyl (C=O) groups is 2. The first-order valence-electron chi connectivity index (χ1n) is 4.37. The van der Waals surface area contributed by atoms with Crippen molar-refractivity contribution in [3.05, 3.63) is 0 Å². The number of nitrogens with two attached hydrogens (primary N) is 1. The molecule has 0 aliphatic carbocycles. The summed E-state index contributed by atoms with van der Waals surface area (Å²) in [4.78, 5) is 23.3. The van der Waals surface area contributed by atoms with Crippen LogP contribution < -0.4 is 5.73 Å². The minimum atomic E-state index is -1.04. The fourth-order valence-electron chi connectivity index (χ4n) is 1.13. The molecular weight excluding hydrogens is 172 g/mol. The molecule has 0 aromatic rings. The molecule has 1 saturated heterocycles. The quantitative estimate of drug-likeness (QED) is 0.614. The van der Waals surface area contributed by atoms with Crippen molar-refractivity contribution in [3.8, 4) is 0 Å². The van der Waals surface area contributed by atoms with Gasteiger partial charge in [0.1, 0.15) is 6.04 Å². The zero-order valence-electron chi connectivity index (χ0n) is 7.40. The first-order valence-corrected chi connectivity index (χ1v) is 4.37. The number of hydrogen-bond acceptors (Lipinski definition) is 3. The molecule has 1 atom stereocenters. The second kappa shape index (κ2) is 4.23. The van der Waals surface area contributed by atoms with Crippen molar-refractivity contribution in [2.75, 3.05) is 13.1 Å². The van der Waals surface area contributed by atoms with Gasteiger partial charge in [0.25, 0.3) is 0 Å². The zero-order valence-corrected chi connectivity index (χ0v) is 7.40. The largest absolute Gasteiger partial charge is 0.480 e. The second-order valence-corrected chi connectivity index (χ2v) is 3.22. The van der Waals surface area contributed by atoms with Gasteiger partial charge in [-0.05, 0) is 12.8 Å². The number of carboxylic acid groups (broad SMARTS) is 1. The van der Waals surface area contributed by atoms with Crippen molar-refractivity contribution in [2.45, 2.75) is 25.3 Å². The molecule has 0 spiro atoms. The van der Waals surface area contributed by atoms with Crippen LogP contribution in [0.2, 0.25) is 0 Å². The predicted molar refractivity (Wildman–Crippen MR) is 46.0 cm³/mol. The van der Waals surface area contributed by atoms with Crippen molar-refractivity contribution in [3.63, 3.8) is 0 Å². The highest BCUT2D eigenvalue weighted by atomic mass is 16.4. The third kappa shape index (κ3) is 2.69. The summed E-state index contributed by atoms with van der Waals surface area (Å²) < 4.78 is 0. The number of nitrogens with zero attached hydrogens (tertiary/aromatic N) is 1. The van der Waals surface area contributed by atoms with E-state index in [2.05, 4.69) is 0 Å². The van der Waals surface area contributed by atoms with Crippen LogP contribution in [0.1, 0.15) is 19.3 Å². The molecule has 3 N–H and O–H groups in total. The third-order valence-electron chi connectivity index (χ3n) is 2.20. The molecule has 5 nitrogen and oxygen atoms in total. The normalized spacial score (nSPS) is 17.8. The van der Waals surface area contributed by atoms with Gasteiger partial charge < -0.3 is 15.7 Å². The standard InChI is InChI=1S/C8H14N2O3/c9-6(8(12)13)2-3-7(11)10-4-1-5-10/h6H,1-5,9H2,(H,12,13). The maximum absolute atomic E-state index is 11.2. The van der Waals surface area contributed by atoms with E-state index in [0.29, 0.717) is 0 Å². The van der Waals surface area contributed by atoms with Gasteiger partial charge in [-0.1, -0.05) is 0 Å². The summed E-state index contributed by atoms with van der Waals surface area (Å²) in [5, 5.41) is 8.45. The van der Waals surface area contributed by atoms with Crippen molar-refractivity contribution in [1.82, 2.24) is 4.90 Å². The molecule has 74 valence electrons. The van der Waals surface area contributed by atoms with Gasteiger partial charge in [-0.15, -0.1) is 0 Å². The van der Waals surface area contributed by atoms with E-state index in [0.717, 1.165) is 19.5 Å². The van der Waals surface area contributed by atoms with Crippen LogP contribution in [0.5, 0.6) is 0 Å². The predicted octanol–water partition coefficient (Wildman–Crippen LogP) is -0.589. The first kappa shape index (κ1) is 9.98. The van der Waals surface area contributed by atoms with Gasteiger partial charge in [-0.25, -0.2) is 0 Å². The van der Waals surface area contributed by atoms with Gasteiger partial charge in [0.05, 0.1) is 0 Å². The number of amides is 1. The van der Waals surface area contributed by atoms with Gasteiger partial charge in [0, 0.05) is 19.5 Å². The van der Waals surface area contributed by atoms with Crippen LogP contribution in [0.25, 0.3) is 0 Å². The van der Waals surface area contributed by atoms with Crippen LogP contribution in [-0.4, -0.2) is 41.0 Å². The van der Waals surface area contributed by atoms with E-state index in [-0.39, 0.29) is 18.7 Å². The first-order chi connectivity index (χ1) is 6.11. The Bertz CT molecular complexity index is 213. The molecular formula is C8H14N2O3. The van der Waals surface area contributed by atoms with Crippen LogP contribution in [0.4, 0.5) is 0 Å². The smallest absolute Gasteiger partial charge is 0.320 e. The summed E-state index contributed by atoms with van der Waals surface area (Å²) in [5.41, 5.74) is 5.25. The Balaban J connectivity index is 2.17. The monoisotopic (exact) mass is 186 g/mol. The van der Waals surface area contributed by atoms with Crippen molar-refractivity contribution < 1.29 is 14.7 Å². The second-order valence-electron chi connectivity index (χ2n) is 3.22. The minimum absolute atomic E-state index is 0.0166. The molecule has 0 radical (unpaired) electrons. The number of aliphatic carboxylic acids is 1. The molecule has 5 heteroatoms. The maximum atomic E-state index is 11.2. The molecule has 0 bridgehead atoms. The fourth-order valence-corrected chi connectivity index (χ4v) is 1.13. The van der Waals surface area contributed by atoms with Crippen molar-refractivity contribution in [2.24, 2.45) is 5.73 Å². The average molecular weight is 186 g/mol. The van der Waals surface area contributed by atoms with Crippen LogP contribution >= 0.6 is 0 Å². The van der Waals surface area contributed by atoms with Gasteiger partial charge in [-0.2, -0.15) is 0 Å². The number of carboxylic acids is 1. The van der Waals surface area contributed by atoms with Crippen LogP contribution in [0.15, 0.2) is 0 Å². The summed E-state index contributed by atoms with van der Waals surface area (Å²) in [5.74, 6) is -1.03. The van der Waals surface area contributed by atoms with E-state index in [9.17, 15) is 9.59 Å². The van der Waals surface area contributed by atoms with E-state index in [1.54, 1.807) is 4.90 Å². The summed E-state index contributed by atoms with van der Waals surface area (Å²) in [6, 6.07) is -0.912. The molecule has 13 heavy (non-hydrogen) atoms. The lowest BCUT2D eigenvalue weighted by Crippen LogP contribution is -2.42. The average Bonchev–Trinajstić information content (AvgIpc) is 1.96. The maximum Gasteiger partial charge on any atom is 0.320 e. The lowest BCUT2D eigenvalue weighted by atomic mass is 10.1. The highest BCUT2D eigenvalue weighted by Gasteiger charge is 2.21. The SMILES string of the molecule is NC(CCC(=O)N1CCC1)C(=O)O. The van der Waals surface area contributed by atoms with Gasteiger partial charge in [0.15, 0.2) is 0 Å². The summed E-state index contributed by atoms with van der Waals surface area (Å²) in [7, 11) is 0. The lowest BCUT2D eigenvalue weighted by molar-refractivity contribution is -0.139. The van der Waals surface area contributed by atoms with Crippen LogP contribution in [0, 0.1) is 0 Å². The van der Waals surface area contributed by atoms with Gasteiger partial charge >= 0.3 is 5.97 Å². The van der Waals surface area contributed by atoms with Gasteiger partial charge in [0.2, 0.25) is 5.91 Å². The van der Waals surface area contributed by atoms with Crippen LogP contribution in [-0.2, 0) is 9.59 Å². The Morgan fingerprint density at radius 1 is 1.46 bits per heavy atom. The number of rotatable bonds is 4. The van der Waals surface area contributed by atoms with E-state index >= 15 is 0 Å². The van der Waals surface area contributed by atoms with Crippen molar-refractivity contribution in [1.29, 1.82) is 0 Å². The molecule has 1 rings (SSSR count). The highest BCUT2D eigenvalue weighted by molar-refractivity contribution is 5.78. The zero-order chi connectivity index (χ0) is 9.84. The molecule has 1 heterocycles. The number of hydrogen-bond donors (Lipinski definition) is 2. The molecule has 1 aliphatic rings. The van der Waals surface area contributed by atoms with Crippen molar-refractivity contribution >= 4 is 11.9 Å². The molecule has 1 unspecified atom stereocenters. The molecule has 0 saturated carbocycles. The van der Waals surface area contributed by atoms with E-state index in [1.807, 2.05) is 0 Å². The Hall–Kier alpha value is -1.10. The van der Waals surface area contributed by atoms with E-state index in [1.165, 1.54) is 0 Å². The molecule has 0 aromatic carbocycles. The fraction of sp³-hybridized carbons (Fsp3) is 0.750. The van der Waals surface area contributed by atoms with Crippen LogP contribution in [0.3, 0.4) is 0 Å². The molecule has 0 aromatic heterocycles. The summed E-state index contributed by atoms with van der Waals surface area (Å²) >= 11 is 0. The summed E-state index contributed by atoms with van der Waals surface area (Å²) in [6.07, 6.45) is 1.52. The Morgan fingerprint density at radius 3 is 2.46 bits per heavy atom.